The lowest BCUT2D eigenvalue weighted by molar-refractivity contribution is -0.115. The van der Waals surface area contributed by atoms with Crippen LogP contribution in [0.25, 0.3) is 0 Å². The fourth-order valence-corrected chi connectivity index (χ4v) is 4.12. The molecule has 0 fully saturated rings. The van der Waals surface area contributed by atoms with Crippen LogP contribution in [0.15, 0.2) is 82.7 Å². The molecule has 1 aliphatic heterocycles. The Morgan fingerprint density at radius 1 is 1.00 bits per heavy atom. The molecule has 4 rings (SSSR count). The van der Waals surface area contributed by atoms with E-state index in [0.29, 0.717) is 22.1 Å². The van der Waals surface area contributed by atoms with Crippen LogP contribution in [-0.2, 0) is 14.6 Å². The Hall–Kier alpha value is -2.96. The minimum absolute atomic E-state index is 0.183. The summed E-state index contributed by atoms with van der Waals surface area (Å²) in [5.74, 6) is -0.781. The third-order valence-electron chi connectivity index (χ3n) is 4.70. The predicted octanol–water partition coefficient (Wildman–Crippen LogP) is 4.60. The van der Waals surface area contributed by atoms with E-state index in [1.165, 1.54) is 12.1 Å². The highest BCUT2D eigenvalue weighted by atomic mass is 35.5. The van der Waals surface area contributed by atoms with Crippen LogP contribution in [0.4, 0.5) is 11.4 Å². The first kappa shape index (κ1) is 19.4. The van der Waals surface area contributed by atoms with E-state index in [9.17, 15) is 13.2 Å². The molecular weight excluding hydrogens is 408 g/mol. The van der Waals surface area contributed by atoms with Crippen LogP contribution < -0.4 is 5.32 Å². The van der Waals surface area contributed by atoms with Gasteiger partial charge in [-0.05, 0) is 47.5 Å². The molecule has 0 spiro atoms. The van der Waals surface area contributed by atoms with E-state index < -0.39 is 15.8 Å². The zero-order valence-corrected chi connectivity index (χ0v) is 17.0. The number of hydrogen-bond donors (Lipinski definition) is 1. The van der Waals surface area contributed by atoms with Crippen molar-refractivity contribution in [1.82, 2.24) is 0 Å². The maximum atomic E-state index is 12.8. The highest BCUT2D eigenvalue weighted by molar-refractivity contribution is 7.90. The van der Waals surface area contributed by atoms with Gasteiger partial charge in [-0.3, -0.25) is 9.79 Å². The molecular formula is C22H17ClN2O3S. The van der Waals surface area contributed by atoms with E-state index in [1.54, 1.807) is 24.3 Å². The summed E-state index contributed by atoms with van der Waals surface area (Å²) in [6.07, 6.45) is 1.16. The number of carbonyl (C=O) groups is 1. The summed E-state index contributed by atoms with van der Waals surface area (Å²) in [7, 11) is -3.29. The van der Waals surface area contributed by atoms with Gasteiger partial charge < -0.3 is 5.32 Å². The van der Waals surface area contributed by atoms with Crippen molar-refractivity contribution in [3.8, 4) is 0 Å². The first-order chi connectivity index (χ1) is 13.8. The van der Waals surface area contributed by atoms with Gasteiger partial charge in [0.25, 0.3) is 0 Å². The maximum absolute atomic E-state index is 12.8. The molecule has 1 aliphatic rings. The zero-order chi connectivity index (χ0) is 20.6. The summed E-state index contributed by atoms with van der Waals surface area (Å²) >= 11 is 6.07. The van der Waals surface area contributed by atoms with Crippen LogP contribution in [0.3, 0.4) is 0 Å². The summed E-state index contributed by atoms with van der Waals surface area (Å²) < 4.78 is 23.4. The fraction of sp³-hybridized carbons (Fsp3) is 0.0909. The quantitative estimate of drug-likeness (QED) is 0.622. The van der Waals surface area contributed by atoms with Crippen LogP contribution >= 0.6 is 11.6 Å². The van der Waals surface area contributed by atoms with Crippen molar-refractivity contribution in [2.24, 2.45) is 4.99 Å². The van der Waals surface area contributed by atoms with Gasteiger partial charge in [-0.1, -0.05) is 48.0 Å². The second-order valence-corrected chi connectivity index (χ2v) is 9.24. The second-order valence-electron chi connectivity index (χ2n) is 6.78. The lowest BCUT2D eigenvalue weighted by Gasteiger charge is -2.14. The third kappa shape index (κ3) is 3.95. The van der Waals surface area contributed by atoms with E-state index in [0.717, 1.165) is 17.4 Å². The monoisotopic (exact) mass is 424 g/mol. The number of hydrogen-bond acceptors (Lipinski definition) is 4. The normalized spacial score (nSPS) is 16.4. The molecule has 3 aromatic carbocycles. The van der Waals surface area contributed by atoms with E-state index in [1.807, 2.05) is 36.4 Å². The molecule has 29 heavy (non-hydrogen) atoms. The number of anilines is 1. The van der Waals surface area contributed by atoms with Crippen LogP contribution in [0.2, 0.25) is 5.02 Å². The zero-order valence-electron chi connectivity index (χ0n) is 15.5. The number of rotatable bonds is 4. The largest absolute Gasteiger partial charge is 0.325 e. The molecule has 0 saturated carbocycles. The Bertz CT molecular complexity index is 1220. The molecule has 0 bridgehead atoms. The van der Waals surface area contributed by atoms with Crippen LogP contribution in [0.5, 0.6) is 0 Å². The highest BCUT2D eigenvalue weighted by Gasteiger charge is 2.35. The molecule has 1 atom stereocenters. The van der Waals surface area contributed by atoms with Crippen molar-refractivity contribution in [3.05, 3.63) is 88.9 Å². The van der Waals surface area contributed by atoms with Gasteiger partial charge in [-0.2, -0.15) is 0 Å². The molecule has 0 radical (unpaired) electrons. The Morgan fingerprint density at radius 2 is 1.69 bits per heavy atom. The maximum Gasteiger partial charge on any atom is 0.238 e. The second kappa shape index (κ2) is 7.46. The minimum Gasteiger partial charge on any atom is -0.325 e. The Morgan fingerprint density at radius 3 is 2.34 bits per heavy atom. The van der Waals surface area contributed by atoms with Crippen molar-refractivity contribution >= 4 is 44.4 Å². The van der Waals surface area contributed by atoms with E-state index in [4.69, 9.17) is 16.6 Å². The molecule has 1 heterocycles. The van der Waals surface area contributed by atoms with Crippen molar-refractivity contribution in [2.75, 3.05) is 11.6 Å². The smallest absolute Gasteiger partial charge is 0.238 e. The molecule has 0 aromatic heterocycles. The summed E-state index contributed by atoms with van der Waals surface area (Å²) in [5, 5.41) is 3.41. The molecule has 146 valence electrons. The third-order valence-corrected chi connectivity index (χ3v) is 6.07. The topological polar surface area (TPSA) is 75.6 Å². The molecule has 1 amide bonds. The average molecular weight is 425 g/mol. The van der Waals surface area contributed by atoms with Crippen molar-refractivity contribution in [3.63, 3.8) is 0 Å². The molecule has 1 N–H and O–H groups in total. The fourth-order valence-electron chi connectivity index (χ4n) is 3.32. The number of aliphatic imine (C=N–C) groups is 1. The van der Waals surface area contributed by atoms with Gasteiger partial charge in [0.15, 0.2) is 9.84 Å². The first-order valence-electron chi connectivity index (χ1n) is 8.87. The van der Waals surface area contributed by atoms with Crippen LogP contribution in [0.1, 0.15) is 17.0 Å². The number of sulfone groups is 1. The molecule has 3 aromatic rings. The van der Waals surface area contributed by atoms with Crippen LogP contribution in [0, 0.1) is 0 Å². The number of fused-ring (bicyclic) bond motifs is 1. The minimum atomic E-state index is -3.29. The van der Waals surface area contributed by atoms with Gasteiger partial charge in [0.05, 0.1) is 16.3 Å². The lowest BCUT2D eigenvalue weighted by Crippen LogP contribution is -2.21. The summed E-state index contributed by atoms with van der Waals surface area (Å²) in [5.41, 5.74) is 3.42. The Labute approximate surface area is 174 Å². The molecule has 1 unspecified atom stereocenters. The molecule has 7 heteroatoms. The Balaban J connectivity index is 1.84. The van der Waals surface area contributed by atoms with E-state index in [-0.39, 0.29) is 10.8 Å². The standard InChI is InChI=1S/C22H17ClN2O3S/c1-29(27,28)17-10-8-16(9-11-17)24-21(14-5-3-2-4-6-14)20-18-12-7-15(23)13-19(18)25-22(20)26/h2-13,20H,1H3,(H,25,26). The van der Waals surface area contributed by atoms with E-state index in [2.05, 4.69) is 5.32 Å². The number of halogens is 1. The van der Waals surface area contributed by atoms with Gasteiger partial charge in [0.2, 0.25) is 5.91 Å². The lowest BCUT2D eigenvalue weighted by atomic mass is 9.90. The van der Waals surface area contributed by atoms with Gasteiger partial charge in [0.1, 0.15) is 5.92 Å². The summed E-state index contributed by atoms with van der Waals surface area (Å²) in [6, 6.07) is 21.0. The Kier molecular flexibility index (Phi) is 4.98. The molecule has 0 saturated heterocycles. The number of nitrogens with one attached hydrogen (secondary N) is 1. The van der Waals surface area contributed by atoms with Gasteiger partial charge in [0, 0.05) is 17.0 Å². The number of nitrogens with zero attached hydrogens (tertiary/aromatic N) is 1. The molecule has 0 aliphatic carbocycles. The summed E-state index contributed by atoms with van der Waals surface area (Å²) in [4.78, 5) is 17.8. The van der Waals surface area contributed by atoms with Crippen molar-refractivity contribution in [2.45, 2.75) is 10.8 Å². The number of benzene rings is 3. The van der Waals surface area contributed by atoms with Gasteiger partial charge in [-0.25, -0.2) is 8.42 Å². The summed E-state index contributed by atoms with van der Waals surface area (Å²) in [6.45, 7) is 0. The van der Waals surface area contributed by atoms with Crippen molar-refractivity contribution in [1.29, 1.82) is 0 Å². The van der Waals surface area contributed by atoms with Gasteiger partial charge in [-0.15, -0.1) is 0 Å². The highest BCUT2D eigenvalue weighted by Crippen LogP contribution is 2.37. The number of amides is 1. The van der Waals surface area contributed by atoms with Crippen LogP contribution in [-0.4, -0.2) is 26.3 Å². The number of carbonyl (C=O) groups excluding carboxylic acids is 1. The molecule has 5 nitrogen and oxygen atoms in total. The van der Waals surface area contributed by atoms with Gasteiger partial charge >= 0.3 is 0 Å². The SMILES string of the molecule is CS(=O)(=O)c1ccc(N=C(c2ccccc2)C2C(=O)Nc3cc(Cl)ccc32)cc1. The predicted molar refractivity (Wildman–Crippen MR) is 115 cm³/mol. The first-order valence-corrected chi connectivity index (χ1v) is 11.1. The van der Waals surface area contributed by atoms with Crippen molar-refractivity contribution < 1.29 is 13.2 Å². The average Bonchev–Trinajstić information content (AvgIpc) is 3.01. The van der Waals surface area contributed by atoms with E-state index >= 15 is 0 Å².